The Morgan fingerprint density at radius 1 is 1.10 bits per heavy atom. The van der Waals surface area contributed by atoms with E-state index in [1.165, 1.54) is 23.8 Å². The van der Waals surface area contributed by atoms with Gasteiger partial charge in [-0.3, -0.25) is 4.90 Å². The summed E-state index contributed by atoms with van der Waals surface area (Å²) in [6.07, 6.45) is 4.61. The molecule has 3 atom stereocenters. The highest BCUT2D eigenvalue weighted by Crippen LogP contribution is 2.32. The molecule has 0 spiro atoms. The van der Waals surface area contributed by atoms with Crippen molar-refractivity contribution in [3.63, 3.8) is 0 Å². The summed E-state index contributed by atoms with van der Waals surface area (Å²) in [6, 6.07) is 13.6. The molecule has 156 valence electrons. The van der Waals surface area contributed by atoms with Crippen LogP contribution in [0.2, 0.25) is 5.02 Å². The summed E-state index contributed by atoms with van der Waals surface area (Å²) >= 11 is 6.20. The van der Waals surface area contributed by atoms with E-state index in [9.17, 15) is 8.42 Å². The van der Waals surface area contributed by atoms with E-state index in [1.54, 1.807) is 24.3 Å². The van der Waals surface area contributed by atoms with Gasteiger partial charge in [0.05, 0.1) is 11.5 Å². The molecular weight excluding hydrogens is 406 g/mol. The van der Waals surface area contributed by atoms with E-state index in [2.05, 4.69) is 24.0 Å². The molecule has 0 aromatic heterocycles. The number of fused-ring (bicyclic) bond motifs is 1. The van der Waals surface area contributed by atoms with Gasteiger partial charge in [-0.15, -0.1) is 0 Å². The molecule has 29 heavy (non-hydrogen) atoms. The van der Waals surface area contributed by atoms with Crippen LogP contribution in [0.15, 0.2) is 47.4 Å². The normalized spacial score (nSPS) is 25.0. The third-order valence-corrected chi connectivity index (χ3v) is 7.76. The van der Waals surface area contributed by atoms with Gasteiger partial charge in [0.2, 0.25) is 0 Å². The van der Waals surface area contributed by atoms with Crippen LogP contribution in [0.4, 0.5) is 0 Å². The minimum Gasteiger partial charge on any atom is -0.493 e. The average Bonchev–Trinajstić information content (AvgIpc) is 3.06. The number of aryl methyl sites for hydroxylation is 1. The number of likely N-dealkylation sites (tertiary alicyclic amines) is 1. The predicted octanol–water partition coefficient (Wildman–Crippen LogP) is 4.25. The zero-order chi connectivity index (χ0) is 20.6. The first-order chi connectivity index (χ1) is 13.8. The van der Waals surface area contributed by atoms with Gasteiger partial charge in [0.15, 0.2) is 9.84 Å². The van der Waals surface area contributed by atoms with Crippen molar-refractivity contribution in [2.45, 2.75) is 37.1 Å². The van der Waals surface area contributed by atoms with Gasteiger partial charge in [-0.25, -0.2) is 8.42 Å². The van der Waals surface area contributed by atoms with Crippen molar-refractivity contribution in [1.29, 1.82) is 0 Å². The van der Waals surface area contributed by atoms with Gasteiger partial charge in [-0.2, -0.15) is 0 Å². The summed E-state index contributed by atoms with van der Waals surface area (Å²) in [5.74, 6) is 1.78. The fraction of sp³-hybridized carbons (Fsp3) is 0.478. The van der Waals surface area contributed by atoms with Crippen LogP contribution < -0.4 is 4.74 Å². The summed E-state index contributed by atoms with van der Waals surface area (Å²) in [7, 11) is -3.17. The van der Waals surface area contributed by atoms with Crippen molar-refractivity contribution in [3.05, 3.63) is 58.6 Å². The van der Waals surface area contributed by atoms with Crippen LogP contribution >= 0.6 is 11.6 Å². The van der Waals surface area contributed by atoms with Crippen LogP contribution in [-0.4, -0.2) is 45.3 Å². The first kappa shape index (κ1) is 20.7. The highest BCUT2D eigenvalue weighted by atomic mass is 35.5. The molecular formula is C23H28ClNO3S. The van der Waals surface area contributed by atoms with Gasteiger partial charge >= 0.3 is 0 Å². The monoisotopic (exact) mass is 433 g/mol. The van der Waals surface area contributed by atoms with E-state index < -0.39 is 9.84 Å². The highest BCUT2D eigenvalue weighted by molar-refractivity contribution is 7.90. The summed E-state index contributed by atoms with van der Waals surface area (Å²) in [4.78, 5) is 2.94. The second kappa shape index (κ2) is 8.29. The molecule has 0 radical (unpaired) electrons. The average molecular weight is 434 g/mol. The Hall–Kier alpha value is -1.56. The Bertz CT molecular complexity index is 974. The Morgan fingerprint density at radius 3 is 2.59 bits per heavy atom. The van der Waals surface area contributed by atoms with Crippen LogP contribution in [0, 0.1) is 11.8 Å². The Balaban J connectivity index is 1.34. The fourth-order valence-corrected chi connectivity index (χ4v) is 5.42. The molecule has 0 saturated carbocycles. The number of ether oxygens (including phenoxy) is 1. The molecule has 1 unspecified atom stereocenters. The molecule has 0 amide bonds. The topological polar surface area (TPSA) is 46.6 Å². The molecule has 6 heteroatoms. The third kappa shape index (κ3) is 4.79. The zero-order valence-corrected chi connectivity index (χ0v) is 18.5. The predicted molar refractivity (Wildman–Crippen MR) is 117 cm³/mol. The maximum atomic E-state index is 11.6. The van der Waals surface area contributed by atoms with Crippen molar-refractivity contribution < 1.29 is 13.2 Å². The highest BCUT2D eigenvalue weighted by Gasteiger charge is 2.35. The standard InChI is InChI=1S/C23H28ClNO3S/c1-16-13-25(21-6-4-17-3-5-20(24)11-18(17)12-21)14-19(16)15-28-22-7-9-23(10-8-22)29(2,26)27/h3,5,7-11,16,19,21H,4,6,12-15H2,1-2H3/t16-,19+,21?/m1/s1. The van der Waals surface area contributed by atoms with Gasteiger partial charge in [0.25, 0.3) is 0 Å². The number of halogens is 1. The summed E-state index contributed by atoms with van der Waals surface area (Å²) in [5, 5.41) is 0.826. The van der Waals surface area contributed by atoms with Crippen LogP contribution in [0.5, 0.6) is 5.75 Å². The zero-order valence-electron chi connectivity index (χ0n) is 17.0. The van der Waals surface area contributed by atoms with Gasteiger partial charge < -0.3 is 4.74 Å². The first-order valence-electron chi connectivity index (χ1n) is 10.2. The smallest absolute Gasteiger partial charge is 0.175 e. The Labute approximate surface area is 178 Å². The van der Waals surface area contributed by atoms with Crippen molar-refractivity contribution in [3.8, 4) is 5.75 Å². The number of rotatable bonds is 5. The maximum absolute atomic E-state index is 11.6. The summed E-state index contributed by atoms with van der Waals surface area (Å²) in [5.41, 5.74) is 2.84. The molecule has 0 bridgehead atoms. The van der Waals surface area contributed by atoms with Crippen molar-refractivity contribution in [1.82, 2.24) is 4.90 Å². The van der Waals surface area contributed by atoms with E-state index in [1.807, 2.05) is 6.07 Å². The van der Waals surface area contributed by atoms with E-state index in [0.717, 1.165) is 36.7 Å². The summed E-state index contributed by atoms with van der Waals surface area (Å²) in [6.45, 7) is 5.10. The second-order valence-corrected chi connectivity index (χ2v) is 11.0. The molecule has 4 rings (SSSR count). The van der Waals surface area contributed by atoms with Gasteiger partial charge in [0, 0.05) is 36.3 Å². The fourth-order valence-electron chi connectivity index (χ4n) is 4.59. The van der Waals surface area contributed by atoms with Crippen LogP contribution in [0.1, 0.15) is 24.5 Å². The number of hydrogen-bond donors (Lipinski definition) is 0. The minimum atomic E-state index is -3.17. The van der Waals surface area contributed by atoms with E-state index >= 15 is 0 Å². The van der Waals surface area contributed by atoms with Crippen molar-refractivity contribution in [2.24, 2.45) is 11.8 Å². The number of sulfone groups is 1. The Kier molecular flexibility index (Phi) is 5.92. The minimum absolute atomic E-state index is 0.322. The number of hydrogen-bond acceptors (Lipinski definition) is 4. The molecule has 1 aliphatic heterocycles. The molecule has 2 aromatic rings. The molecule has 1 fully saturated rings. The lowest BCUT2D eigenvalue weighted by molar-refractivity contribution is 0.195. The maximum Gasteiger partial charge on any atom is 0.175 e. The van der Waals surface area contributed by atoms with Crippen molar-refractivity contribution in [2.75, 3.05) is 26.0 Å². The Morgan fingerprint density at radius 2 is 1.86 bits per heavy atom. The van der Waals surface area contributed by atoms with E-state index in [-0.39, 0.29) is 0 Å². The molecule has 1 heterocycles. The molecule has 1 aliphatic carbocycles. The first-order valence-corrected chi connectivity index (χ1v) is 12.5. The molecule has 0 N–H and O–H groups in total. The molecule has 4 nitrogen and oxygen atoms in total. The number of benzene rings is 2. The van der Waals surface area contributed by atoms with Crippen LogP contribution in [-0.2, 0) is 22.7 Å². The largest absolute Gasteiger partial charge is 0.493 e. The van der Waals surface area contributed by atoms with Crippen molar-refractivity contribution >= 4 is 21.4 Å². The second-order valence-electron chi connectivity index (χ2n) is 8.56. The molecule has 1 saturated heterocycles. The quantitative estimate of drug-likeness (QED) is 0.707. The molecule has 2 aromatic carbocycles. The molecule has 2 aliphatic rings. The van der Waals surface area contributed by atoms with Crippen LogP contribution in [0.25, 0.3) is 0 Å². The van der Waals surface area contributed by atoms with Gasteiger partial charge in [0.1, 0.15) is 5.75 Å². The third-order valence-electron chi connectivity index (χ3n) is 6.40. The van der Waals surface area contributed by atoms with E-state index in [4.69, 9.17) is 16.3 Å². The lowest BCUT2D eigenvalue weighted by Gasteiger charge is -2.32. The lowest BCUT2D eigenvalue weighted by atomic mass is 9.87. The summed E-state index contributed by atoms with van der Waals surface area (Å²) < 4.78 is 29.2. The number of nitrogens with zero attached hydrogens (tertiary/aromatic N) is 1. The SMILES string of the molecule is C[C@@H]1CN(C2CCc3ccc(Cl)cc3C2)C[C@H]1COc1ccc(S(C)(=O)=O)cc1. The van der Waals surface area contributed by atoms with E-state index in [0.29, 0.717) is 29.4 Å². The van der Waals surface area contributed by atoms with Crippen LogP contribution in [0.3, 0.4) is 0 Å². The lowest BCUT2D eigenvalue weighted by Crippen LogP contribution is -2.38. The van der Waals surface area contributed by atoms with Gasteiger partial charge in [-0.05, 0) is 72.7 Å². The van der Waals surface area contributed by atoms with Gasteiger partial charge in [-0.1, -0.05) is 24.6 Å².